The Hall–Kier alpha value is -1.81. The van der Waals surface area contributed by atoms with Gasteiger partial charge in [0.05, 0.1) is 0 Å². The summed E-state index contributed by atoms with van der Waals surface area (Å²) in [6.07, 6.45) is 2.91. The fraction of sp³-hybridized carbons (Fsp3) is 0.0909. The molecule has 1 rings (SSSR count). The molecule has 2 N–H and O–H groups in total. The number of rotatable bonds is 2. The standard InChI is InChI=1S/C11H11ClN2O2/c1-8(15)13-14-11(16)6-5-9-3-2-4-10(12)7-9/h2-7H,1H3,(H,13,15)(H,14,16)/b6-5+. The van der Waals surface area contributed by atoms with E-state index >= 15 is 0 Å². The van der Waals surface area contributed by atoms with E-state index in [0.717, 1.165) is 5.56 Å². The summed E-state index contributed by atoms with van der Waals surface area (Å²) >= 11 is 5.77. The van der Waals surface area contributed by atoms with Gasteiger partial charge < -0.3 is 0 Å². The highest BCUT2D eigenvalue weighted by atomic mass is 35.5. The maximum atomic E-state index is 11.2. The van der Waals surface area contributed by atoms with E-state index < -0.39 is 5.91 Å². The second-order valence-corrected chi connectivity index (χ2v) is 3.50. The molecule has 0 aromatic heterocycles. The first kappa shape index (κ1) is 12.3. The zero-order valence-electron chi connectivity index (χ0n) is 8.66. The summed E-state index contributed by atoms with van der Waals surface area (Å²) in [7, 11) is 0. The third-order valence-corrected chi connectivity index (χ3v) is 1.87. The van der Waals surface area contributed by atoms with Crippen LogP contribution < -0.4 is 10.9 Å². The van der Waals surface area contributed by atoms with Gasteiger partial charge in [0.2, 0.25) is 5.91 Å². The van der Waals surface area contributed by atoms with E-state index in [1.54, 1.807) is 24.3 Å². The maximum absolute atomic E-state index is 11.2. The first-order valence-electron chi connectivity index (χ1n) is 4.58. The summed E-state index contributed by atoms with van der Waals surface area (Å²) < 4.78 is 0. The Balaban J connectivity index is 2.53. The maximum Gasteiger partial charge on any atom is 0.262 e. The van der Waals surface area contributed by atoms with Crippen molar-refractivity contribution in [2.45, 2.75) is 6.92 Å². The van der Waals surface area contributed by atoms with E-state index in [0.29, 0.717) is 5.02 Å². The lowest BCUT2D eigenvalue weighted by Crippen LogP contribution is -2.39. The van der Waals surface area contributed by atoms with Gasteiger partial charge in [0.15, 0.2) is 0 Å². The number of carbonyl (C=O) groups excluding carboxylic acids is 2. The van der Waals surface area contributed by atoms with E-state index in [1.165, 1.54) is 13.0 Å². The minimum atomic E-state index is -0.407. The van der Waals surface area contributed by atoms with Crippen LogP contribution in [0.2, 0.25) is 5.02 Å². The van der Waals surface area contributed by atoms with Crippen LogP contribution in [0.4, 0.5) is 0 Å². The van der Waals surface area contributed by atoms with Crippen LogP contribution >= 0.6 is 11.6 Å². The van der Waals surface area contributed by atoms with Crippen LogP contribution in [0.5, 0.6) is 0 Å². The van der Waals surface area contributed by atoms with Crippen LogP contribution in [0, 0.1) is 0 Å². The normalized spacial score (nSPS) is 10.1. The second-order valence-electron chi connectivity index (χ2n) is 3.06. The molecule has 0 saturated carbocycles. The number of amides is 2. The molecule has 0 aliphatic rings. The van der Waals surface area contributed by atoms with Gasteiger partial charge in [-0.1, -0.05) is 23.7 Å². The molecule has 0 aliphatic carbocycles. The van der Waals surface area contributed by atoms with Crippen molar-refractivity contribution in [3.8, 4) is 0 Å². The molecule has 0 unspecified atom stereocenters. The highest BCUT2D eigenvalue weighted by Gasteiger charge is 1.95. The molecule has 84 valence electrons. The van der Waals surface area contributed by atoms with Crippen molar-refractivity contribution in [2.24, 2.45) is 0 Å². The summed E-state index contributed by atoms with van der Waals surface area (Å²) in [5.41, 5.74) is 5.20. The Kier molecular flexibility index (Phi) is 4.54. The van der Waals surface area contributed by atoms with Crippen LogP contribution in [0.25, 0.3) is 6.08 Å². The molecule has 16 heavy (non-hydrogen) atoms. The Morgan fingerprint density at radius 3 is 2.69 bits per heavy atom. The molecule has 0 aliphatic heterocycles. The van der Waals surface area contributed by atoms with E-state index in [-0.39, 0.29) is 5.91 Å². The summed E-state index contributed by atoms with van der Waals surface area (Å²) in [5.74, 6) is -0.736. The number of carbonyl (C=O) groups is 2. The Labute approximate surface area is 98.3 Å². The highest BCUT2D eigenvalue weighted by Crippen LogP contribution is 2.11. The molecule has 0 radical (unpaired) electrons. The zero-order valence-corrected chi connectivity index (χ0v) is 9.41. The fourth-order valence-corrected chi connectivity index (χ4v) is 1.17. The van der Waals surface area contributed by atoms with Gasteiger partial charge in [0, 0.05) is 18.0 Å². The summed E-state index contributed by atoms with van der Waals surface area (Å²) in [4.78, 5) is 21.7. The monoisotopic (exact) mass is 238 g/mol. The lowest BCUT2D eigenvalue weighted by Gasteiger charge is -2.00. The van der Waals surface area contributed by atoms with Gasteiger partial charge in [-0.25, -0.2) is 0 Å². The Bertz CT molecular complexity index is 430. The third kappa shape index (κ3) is 4.61. The molecular weight excluding hydrogens is 228 g/mol. The second kappa shape index (κ2) is 5.92. The summed E-state index contributed by atoms with van der Waals surface area (Å²) in [6.45, 7) is 1.31. The highest BCUT2D eigenvalue weighted by molar-refractivity contribution is 6.30. The number of nitrogens with one attached hydrogen (secondary N) is 2. The van der Waals surface area contributed by atoms with Crippen molar-refractivity contribution >= 4 is 29.5 Å². The average Bonchev–Trinajstić information content (AvgIpc) is 2.23. The van der Waals surface area contributed by atoms with Crippen LogP contribution in [-0.2, 0) is 9.59 Å². The molecule has 1 aromatic rings. The van der Waals surface area contributed by atoms with E-state index in [9.17, 15) is 9.59 Å². The fourth-order valence-electron chi connectivity index (χ4n) is 0.973. The molecule has 0 bridgehead atoms. The number of benzene rings is 1. The molecule has 0 atom stereocenters. The predicted octanol–water partition coefficient (Wildman–Crippen LogP) is 1.52. The van der Waals surface area contributed by atoms with Gasteiger partial charge in [0.25, 0.3) is 5.91 Å². The zero-order chi connectivity index (χ0) is 12.0. The Morgan fingerprint density at radius 2 is 2.06 bits per heavy atom. The molecule has 0 saturated heterocycles. The molecule has 1 aromatic carbocycles. The SMILES string of the molecule is CC(=O)NNC(=O)/C=C/c1cccc(Cl)c1. The van der Waals surface area contributed by atoms with Crippen molar-refractivity contribution in [3.63, 3.8) is 0 Å². The molecule has 0 fully saturated rings. The Morgan fingerprint density at radius 1 is 1.31 bits per heavy atom. The van der Waals surface area contributed by atoms with Crippen molar-refractivity contribution < 1.29 is 9.59 Å². The summed E-state index contributed by atoms with van der Waals surface area (Å²) in [6, 6.07) is 7.07. The first-order valence-corrected chi connectivity index (χ1v) is 4.96. The number of hydrogen-bond acceptors (Lipinski definition) is 2. The molecule has 4 nitrogen and oxygen atoms in total. The van der Waals surface area contributed by atoms with Gasteiger partial charge in [-0.2, -0.15) is 0 Å². The first-order chi connectivity index (χ1) is 7.58. The van der Waals surface area contributed by atoms with E-state index in [2.05, 4.69) is 10.9 Å². The van der Waals surface area contributed by atoms with Gasteiger partial charge in [-0.3, -0.25) is 20.4 Å². The van der Waals surface area contributed by atoms with Gasteiger partial charge in [0.1, 0.15) is 0 Å². The average molecular weight is 239 g/mol. The van der Waals surface area contributed by atoms with Gasteiger partial charge in [-0.05, 0) is 23.8 Å². The number of halogens is 1. The van der Waals surface area contributed by atoms with Crippen molar-refractivity contribution in [3.05, 3.63) is 40.9 Å². The molecule has 0 spiro atoms. The molecule has 0 heterocycles. The van der Waals surface area contributed by atoms with E-state index in [1.807, 2.05) is 6.07 Å². The molecule has 2 amide bonds. The van der Waals surface area contributed by atoms with Crippen LogP contribution in [-0.4, -0.2) is 11.8 Å². The topological polar surface area (TPSA) is 58.2 Å². The third-order valence-electron chi connectivity index (χ3n) is 1.64. The lowest BCUT2D eigenvalue weighted by molar-refractivity contribution is -0.125. The van der Waals surface area contributed by atoms with Crippen LogP contribution in [0.1, 0.15) is 12.5 Å². The van der Waals surface area contributed by atoms with E-state index in [4.69, 9.17) is 11.6 Å². The van der Waals surface area contributed by atoms with Gasteiger partial charge >= 0.3 is 0 Å². The quantitative estimate of drug-likeness (QED) is 0.606. The minimum absolute atomic E-state index is 0.329. The van der Waals surface area contributed by atoms with Crippen molar-refractivity contribution in [2.75, 3.05) is 0 Å². The summed E-state index contributed by atoms with van der Waals surface area (Å²) in [5, 5.41) is 0.601. The molecule has 5 heteroatoms. The van der Waals surface area contributed by atoms with Gasteiger partial charge in [-0.15, -0.1) is 0 Å². The largest absolute Gasteiger partial charge is 0.274 e. The smallest absolute Gasteiger partial charge is 0.262 e. The van der Waals surface area contributed by atoms with Crippen molar-refractivity contribution in [1.29, 1.82) is 0 Å². The minimum Gasteiger partial charge on any atom is -0.274 e. The van der Waals surface area contributed by atoms with Crippen LogP contribution in [0.3, 0.4) is 0 Å². The number of hydrazine groups is 1. The number of hydrogen-bond donors (Lipinski definition) is 2. The van der Waals surface area contributed by atoms with Crippen LogP contribution in [0.15, 0.2) is 30.3 Å². The molecular formula is C11H11ClN2O2. The lowest BCUT2D eigenvalue weighted by atomic mass is 10.2. The predicted molar refractivity (Wildman–Crippen MR) is 62.4 cm³/mol. The van der Waals surface area contributed by atoms with Crippen molar-refractivity contribution in [1.82, 2.24) is 10.9 Å².